The average Bonchev–Trinajstić information content (AvgIpc) is 2.38. The van der Waals surface area contributed by atoms with Crippen LogP contribution in [0.3, 0.4) is 0 Å². The topological polar surface area (TPSA) is 46.2 Å². The smallest absolute Gasteiger partial charge is 0.280 e. The van der Waals surface area contributed by atoms with Crippen molar-refractivity contribution in [2.24, 2.45) is 0 Å². The summed E-state index contributed by atoms with van der Waals surface area (Å²) in [4.78, 5) is 0.0109. The van der Waals surface area contributed by atoms with Crippen molar-refractivity contribution in [3.8, 4) is 0 Å². The Morgan fingerprint density at radius 2 is 1.62 bits per heavy atom. The largest absolute Gasteiger partial charge is 0.416 e. The minimum absolute atomic E-state index is 0.0109. The lowest BCUT2D eigenvalue weighted by Crippen LogP contribution is -2.13. The highest BCUT2D eigenvalue weighted by molar-refractivity contribution is 9.10. The van der Waals surface area contributed by atoms with Gasteiger partial charge in [-0.2, -0.15) is 13.2 Å². The molecule has 0 atom stereocenters. The molecule has 3 nitrogen and oxygen atoms in total. The van der Waals surface area contributed by atoms with E-state index in [0.717, 1.165) is 24.3 Å². The van der Waals surface area contributed by atoms with Gasteiger partial charge < -0.3 is 0 Å². The number of rotatable bonds is 3. The Kier molecular flexibility index (Phi) is 4.29. The predicted octanol–water partition coefficient (Wildman–Crippen LogP) is 4.27. The molecule has 0 aliphatic heterocycles. The third-order valence-corrected chi connectivity index (χ3v) is 4.44. The minimum atomic E-state index is -4.46. The van der Waals surface area contributed by atoms with Gasteiger partial charge in [-0.3, -0.25) is 4.72 Å². The minimum Gasteiger partial charge on any atom is -0.280 e. The van der Waals surface area contributed by atoms with Gasteiger partial charge in [0.1, 0.15) is 0 Å². The van der Waals surface area contributed by atoms with Crippen molar-refractivity contribution in [2.45, 2.75) is 11.1 Å². The number of hydrogen-bond donors (Lipinski definition) is 1. The normalized spacial score (nSPS) is 12.2. The Balaban J connectivity index is 2.25. The zero-order valence-corrected chi connectivity index (χ0v) is 12.8. The highest BCUT2D eigenvalue weighted by Gasteiger charge is 2.30. The first-order chi connectivity index (χ1) is 9.68. The Hall–Kier alpha value is -1.54. The van der Waals surface area contributed by atoms with Gasteiger partial charge >= 0.3 is 6.18 Å². The number of alkyl halides is 3. The van der Waals surface area contributed by atoms with Crippen molar-refractivity contribution in [1.29, 1.82) is 0 Å². The summed E-state index contributed by atoms with van der Waals surface area (Å²) in [5.41, 5.74) is -0.782. The molecule has 0 unspecified atom stereocenters. The fourth-order valence-corrected chi connectivity index (χ4v) is 3.23. The van der Waals surface area contributed by atoms with Crippen LogP contribution in [0.2, 0.25) is 0 Å². The van der Waals surface area contributed by atoms with E-state index in [1.54, 1.807) is 12.1 Å². The van der Waals surface area contributed by atoms with Crippen LogP contribution in [0.1, 0.15) is 5.56 Å². The Labute approximate surface area is 128 Å². The zero-order chi connectivity index (χ0) is 15.7. The zero-order valence-electron chi connectivity index (χ0n) is 10.4. The van der Waals surface area contributed by atoms with Crippen molar-refractivity contribution in [3.63, 3.8) is 0 Å². The molecule has 8 heteroatoms. The van der Waals surface area contributed by atoms with Gasteiger partial charge in [0.2, 0.25) is 0 Å². The van der Waals surface area contributed by atoms with Crippen LogP contribution in [0.15, 0.2) is 57.9 Å². The summed E-state index contributed by atoms with van der Waals surface area (Å²) in [5, 5.41) is 0. The third-order valence-electron chi connectivity index (χ3n) is 2.57. The van der Waals surface area contributed by atoms with E-state index in [4.69, 9.17) is 0 Å². The van der Waals surface area contributed by atoms with Crippen LogP contribution < -0.4 is 4.72 Å². The van der Waals surface area contributed by atoms with Crippen molar-refractivity contribution in [2.75, 3.05) is 4.72 Å². The quantitative estimate of drug-likeness (QED) is 0.865. The standard InChI is InChI=1S/C13H9BrF3NO2S/c14-10-2-1-3-12(8-10)21(19,20)18-11-6-4-9(5-7-11)13(15,16)17/h1-8,18H. The van der Waals surface area contributed by atoms with Gasteiger partial charge in [0, 0.05) is 10.2 Å². The molecule has 0 amide bonds. The van der Waals surface area contributed by atoms with E-state index >= 15 is 0 Å². The summed E-state index contributed by atoms with van der Waals surface area (Å²) < 4.78 is 64.2. The number of nitrogens with one attached hydrogen (secondary N) is 1. The first kappa shape index (κ1) is 15.8. The summed E-state index contributed by atoms with van der Waals surface area (Å²) in [5.74, 6) is 0. The molecule has 2 aromatic carbocycles. The molecule has 0 aliphatic rings. The Morgan fingerprint density at radius 1 is 1.00 bits per heavy atom. The number of halogens is 4. The number of anilines is 1. The van der Waals surface area contributed by atoms with Crippen LogP contribution >= 0.6 is 15.9 Å². The summed E-state index contributed by atoms with van der Waals surface area (Å²) in [6.07, 6.45) is -4.46. The number of sulfonamides is 1. The Bertz CT molecular complexity index is 743. The van der Waals surface area contributed by atoms with Crippen molar-refractivity contribution >= 4 is 31.6 Å². The second-order valence-corrected chi connectivity index (χ2v) is 6.74. The Morgan fingerprint density at radius 3 is 2.14 bits per heavy atom. The molecule has 0 saturated carbocycles. The van der Waals surface area contributed by atoms with E-state index in [1.165, 1.54) is 12.1 Å². The molecule has 2 rings (SSSR count). The average molecular weight is 380 g/mol. The highest BCUT2D eigenvalue weighted by atomic mass is 79.9. The van der Waals surface area contributed by atoms with Crippen LogP contribution in [-0.2, 0) is 16.2 Å². The summed E-state index contributed by atoms with van der Waals surface area (Å²) in [6, 6.07) is 9.76. The first-order valence-corrected chi connectivity index (χ1v) is 7.92. The van der Waals surface area contributed by atoms with Gasteiger partial charge in [-0.05, 0) is 42.5 Å². The van der Waals surface area contributed by atoms with Crippen molar-refractivity contribution in [1.82, 2.24) is 0 Å². The van der Waals surface area contributed by atoms with Gasteiger partial charge in [-0.1, -0.05) is 22.0 Å². The van der Waals surface area contributed by atoms with Crippen LogP contribution in [0.4, 0.5) is 18.9 Å². The molecule has 0 heterocycles. The monoisotopic (exact) mass is 379 g/mol. The maximum absolute atomic E-state index is 12.4. The van der Waals surface area contributed by atoms with Crippen molar-refractivity contribution < 1.29 is 21.6 Å². The molecule has 0 spiro atoms. The molecule has 0 aromatic heterocycles. The lowest BCUT2D eigenvalue weighted by molar-refractivity contribution is -0.137. The van der Waals surface area contributed by atoms with Gasteiger partial charge in [-0.15, -0.1) is 0 Å². The summed E-state index contributed by atoms with van der Waals surface area (Å²) in [6.45, 7) is 0. The molecular formula is C13H9BrF3NO2S. The fraction of sp³-hybridized carbons (Fsp3) is 0.0769. The van der Waals surface area contributed by atoms with Crippen LogP contribution in [-0.4, -0.2) is 8.42 Å². The second-order valence-electron chi connectivity index (χ2n) is 4.14. The van der Waals surface area contributed by atoms with Crippen LogP contribution in [0, 0.1) is 0 Å². The van der Waals surface area contributed by atoms with Crippen LogP contribution in [0.5, 0.6) is 0 Å². The molecule has 0 saturated heterocycles. The maximum atomic E-state index is 12.4. The van der Waals surface area contributed by atoms with Gasteiger partial charge in [0.25, 0.3) is 10.0 Å². The van der Waals surface area contributed by atoms with Gasteiger partial charge in [-0.25, -0.2) is 8.42 Å². The fourth-order valence-electron chi connectivity index (χ4n) is 1.58. The highest BCUT2D eigenvalue weighted by Crippen LogP contribution is 2.30. The van der Waals surface area contributed by atoms with E-state index < -0.39 is 21.8 Å². The predicted molar refractivity (Wildman–Crippen MR) is 76.4 cm³/mol. The second kappa shape index (κ2) is 5.69. The number of hydrogen-bond acceptors (Lipinski definition) is 2. The molecule has 2 aromatic rings. The molecule has 112 valence electrons. The van der Waals surface area contributed by atoms with E-state index in [9.17, 15) is 21.6 Å². The molecule has 0 aliphatic carbocycles. The first-order valence-electron chi connectivity index (χ1n) is 5.64. The molecule has 0 bridgehead atoms. The van der Waals surface area contributed by atoms with Crippen molar-refractivity contribution in [3.05, 3.63) is 58.6 Å². The lowest BCUT2D eigenvalue weighted by Gasteiger charge is -2.10. The van der Waals surface area contributed by atoms with Gasteiger partial charge in [0.05, 0.1) is 10.5 Å². The summed E-state index contributed by atoms with van der Waals surface area (Å²) in [7, 11) is -3.85. The lowest BCUT2D eigenvalue weighted by atomic mass is 10.2. The molecule has 0 fully saturated rings. The molecule has 21 heavy (non-hydrogen) atoms. The SMILES string of the molecule is O=S(=O)(Nc1ccc(C(F)(F)F)cc1)c1cccc(Br)c1. The maximum Gasteiger partial charge on any atom is 0.416 e. The molecular weight excluding hydrogens is 371 g/mol. The number of benzene rings is 2. The van der Waals surface area contributed by atoms with E-state index in [0.29, 0.717) is 4.47 Å². The molecule has 1 N–H and O–H groups in total. The van der Waals surface area contributed by atoms with E-state index in [-0.39, 0.29) is 10.6 Å². The third kappa shape index (κ3) is 3.98. The van der Waals surface area contributed by atoms with E-state index in [1.807, 2.05) is 0 Å². The molecule has 0 radical (unpaired) electrons. The van der Waals surface area contributed by atoms with E-state index in [2.05, 4.69) is 20.7 Å². The van der Waals surface area contributed by atoms with Gasteiger partial charge in [0.15, 0.2) is 0 Å². The van der Waals surface area contributed by atoms with Crippen LogP contribution in [0.25, 0.3) is 0 Å². The summed E-state index contributed by atoms with van der Waals surface area (Å²) >= 11 is 3.15.